The zero-order chi connectivity index (χ0) is 5.98. The number of hydrogen-bond donors (Lipinski definition) is 1. The van der Waals surface area contributed by atoms with E-state index in [1.165, 1.54) is 4.79 Å². The number of nitrogens with zero attached hydrogens (tertiary/aromatic N) is 2. The van der Waals surface area contributed by atoms with Crippen LogP contribution in [0.2, 0.25) is 0 Å². The van der Waals surface area contributed by atoms with Crippen molar-refractivity contribution in [3.63, 3.8) is 0 Å². The van der Waals surface area contributed by atoms with Crippen molar-refractivity contribution in [2.75, 3.05) is 5.84 Å². The van der Waals surface area contributed by atoms with Gasteiger partial charge in [0.2, 0.25) is 0 Å². The van der Waals surface area contributed by atoms with Crippen molar-refractivity contribution in [1.82, 2.24) is 9.89 Å². The van der Waals surface area contributed by atoms with Crippen LogP contribution in [0.1, 0.15) is 5.56 Å². The summed E-state index contributed by atoms with van der Waals surface area (Å²) in [6.07, 6.45) is 3.31. The van der Waals surface area contributed by atoms with Crippen molar-refractivity contribution in [2.24, 2.45) is 0 Å². The molecular weight excluding hydrogens is 126 g/mol. The van der Waals surface area contributed by atoms with Gasteiger partial charge in [-0.3, -0.25) is 0 Å². The van der Waals surface area contributed by atoms with Gasteiger partial charge in [-0.25, -0.2) is 0 Å². The first kappa shape index (κ1) is 5.44. The Hall–Kier alpha value is -0.700. The van der Waals surface area contributed by atoms with E-state index < -0.39 is 0 Å². The molecule has 0 unspecified atom stereocenters. The lowest BCUT2D eigenvalue weighted by Crippen LogP contribution is -2.07. The van der Waals surface area contributed by atoms with Crippen molar-refractivity contribution in [2.45, 2.75) is 5.88 Å². The molecule has 8 heavy (non-hydrogen) atoms. The fourth-order valence-corrected chi connectivity index (χ4v) is 0.584. The number of halogens is 1. The van der Waals surface area contributed by atoms with Crippen molar-refractivity contribution >= 4 is 11.6 Å². The van der Waals surface area contributed by atoms with Gasteiger partial charge in [0.15, 0.2) is 0 Å². The minimum absolute atomic E-state index is 0.469. The van der Waals surface area contributed by atoms with Crippen LogP contribution in [0.4, 0.5) is 0 Å². The molecule has 0 amide bonds. The van der Waals surface area contributed by atoms with Crippen LogP contribution >= 0.6 is 11.6 Å². The van der Waals surface area contributed by atoms with Gasteiger partial charge in [-0.2, -0.15) is 9.89 Å². The fraction of sp³-hybridized carbons (Fsp3) is 0.250. The molecule has 0 atom stereocenters. The molecule has 44 valence electrons. The second-order valence-corrected chi connectivity index (χ2v) is 1.73. The first-order valence-electron chi connectivity index (χ1n) is 2.17. The summed E-state index contributed by atoms with van der Waals surface area (Å²) in [4.78, 5) is 1.23. The fourth-order valence-electron chi connectivity index (χ4n) is 0.446. The molecule has 0 saturated carbocycles. The molecule has 0 aromatic carbocycles. The Morgan fingerprint density at radius 2 is 2.62 bits per heavy atom. The Morgan fingerprint density at radius 3 is 2.88 bits per heavy atom. The van der Waals surface area contributed by atoms with Gasteiger partial charge in [-0.05, 0) is 0 Å². The van der Waals surface area contributed by atoms with Gasteiger partial charge in [-0.1, -0.05) is 0 Å². The largest absolute Gasteiger partial charge is 0.323 e. The highest BCUT2D eigenvalue weighted by molar-refractivity contribution is 6.17. The molecule has 0 bridgehead atoms. The number of nitrogens with two attached hydrogens (primary N) is 1. The number of alkyl halides is 1. The van der Waals surface area contributed by atoms with Crippen LogP contribution in [0.3, 0.4) is 0 Å². The van der Waals surface area contributed by atoms with Gasteiger partial charge in [0.1, 0.15) is 0 Å². The number of rotatable bonds is 1. The average molecular weight is 132 g/mol. The lowest BCUT2D eigenvalue weighted by Gasteiger charge is -1.81. The van der Waals surface area contributed by atoms with Gasteiger partial charge in [0.25, 0.3) is 0 Å². The van der Waals surface area contributed by atoms with E-state index in [1.807, 2.05) is 0 Å². The first-order valence-corrected chi connectivity index (χ1v) is 2.71. The summed E-state index contributed by atoms with van der Waals surface area (Å²) in [5, 5.41) is 3.70. The molecule has 0 spiro atoms. The molecule has 3 nitrogen and oxygen atoms in total. The minimum atomic E-state index is 0.469. The topological polar surface area (TPSA) is 43.8 Å². The molecule has 4 heteroatoms. The summed E-state index contributed by atoms with van der Waals surface area (Å²) < 4.78 is 0. The van der Waals surface area contributed by atoms with E-state index >= 15 is 0 Å². The second kappa shape index (κ2) is 2.05. The van der Waals surface area contributed by atoms with Crippen molar-refractivity contribution in [3.8, 4) is 0 Å². The van der Waals surface area contributed by atoms with E-state index in [0.717, 1.165) is 5.56 Å². The second-order valence-electron chi connectivity index (χ2n) is 1.46. The average Bonchev–Trinajstić information content (AvgIpc) is 2.14. The van der Waals surface area contributed by atoms with Crippen LogP contribution in [-0.2, 0) is 5.88 Å². The number of aromatic nitrogens is 2. The lowest BCUT2D eigenvalue weighted by molar-refractivity contribution is 0.831. The highest BCUT2D eigenvalue weighted by atomic mass is 35.5. The van der Waals surface area contributed by atoms with Crippen LogP contribution < -0.4 is 5.84 Å². The maximum atomic E-state index is 5.43. The molecule has 0 aliphatic rings. The number of hydrogen-bond acceptors (Lipinski definition) is 2. The zero-order valence-electron chi connectivity index (χ0n) is 4.21. The Kier molecular flexibility index (Phi) is 1.39. The van der Waals surface area contributed by atoms with Crippen molar-refractivity contribution in [3.05, 3.63) is 18.0 Å². The standard InChI is InChI=1S/C4H6ClN3/c5-1-4-2-7-8(6)3-4/h2-3H,1,6H2. The first-order chi connectivity index (χ1) is 3.83. The quantitative estimate of drug-likeness (QED) is 0.441. The molecule has 0 radical (unpaired) electrons. The Labute approximate surface area is 52.0 Å². The van der Waals surface area contributed by atoms with Gasteiger partial charge >= 0.3 is 0 Å². The van der Waals surface area contributed by atoms with Crippen LogP contribution in [0.15, 0.2) is 12.4 Å². The SMILES string of the molecule is Nn1cc(CCl)cn1. The molecule has 2 N–H and O–H groups in total. The minimum Gasteiger partial charge on any atom is -0.323 e. The smallest absolute Gasteiger partial charge is 0.0554 e. The predicted molar refractivity (Wildman–Crippen MR) is 31.9 cm³/mol. The molecule has 0 aliphatic carbocycles. The molecular formula is C4H6ClN3. The monoisotopic (exact) mass is 131 g/mol. The summed E-state index contributed by atoms with van der Waals surface area (Å²) >= 11 is 5.43. The molecule has 1 aromatic rings. The van der Waals surface area contributed by atoms with E-state index in [4.69, 9.17) is 17.4 Å². The summed E-state index contributed by atoms with van der Waals surface area (Å²) in [5.41, 5.74) is 0.939. The molecule has 1 aromatic heterocycles. The molecule has 1 heterocycles. The van der Waals surface area contributed by atoms with Gasteiger partial charge in [0.05, 0.1) is 18.3 Å². The maximum Gasteiger partial charge on any atom is 0.0554 e. The Bertz CT molecular complexity index is 172. The van der Waals surface area contributed by atoms with Gasteiger partial charge in [0, 0.05) is 5.56 Å². The van der Waals surface area contributed by atoms with Crippen LogP contribution in [0.25, 0.3) is 0 Å². The molecule has 0 saturated heterocycles. The van der Waals surface area contributed by atoms with Crippen LogP contribution in [0.5, 0.6) is 0 Å². The van der Waals surface area contributed by atoms with Crippen molar-refractivity contribution < 1.29 is 0 Å². The van der Waals surface area contributed by atoms with E-state index in [1.54, 1.807) is 12.4 Å². The molecule has 0 aliphatic heterocycles. The zero-order valence-corrected chi connectivity index (χ0v) is 4.97. The van der Waals surface area contributed by atoms with E-state index in [9.17, 15) is 0 Å². The lowest BCUT2D eigenvalue weighted by atomic mass is 10.4. The highest BCUT2D eigenvalue weighted by Gasteiger charge is 1.89. The van der Waals surface area contributed by atoms with Crippen LogP contribution in [-0.4, -0.2) is 9.89 Å². The third-order valence-electron chi connectivity index (χ3n) is 0.809. The van der Waals surface area contributed by atoms with Crippen molar-refractivity contribution in [1.29, 1.82) is 0 Å². The predicted octanol–water partition coefficient (Wildman–Crippen LogP) is 0.336. The summed E-state index contributed by atoms with van der Waals surface area (Å²) in [6, 6.07) is 0. The van der Waals surface area contributed by atoms with Gasteiger partial charge in [-0.15, -0.1) is 11.6 Å². The Balaban J connectivity index is 2.84. The highest BCUT2D eigenvalue weighted by Crippen LogP contribution is 1.97. The number of nitrogen functional groups attached to an aromatic ring is 1. The summed E-state index contributed by atoms with van der Waals surface area (Å²) in [7, 11) is 0. The summed E-state index contributed by atoms with van der Waals surface area (Å²) in [6.45, 7) is 0. The van der Waals surface area contributed by atoms with E-state index in [0.29, 0.717) is 5.88 Å². The molecule has 1 rings (SSSR count). The third-order valence-corrected chi connectivity index (χ3v) is 1.12. The van der Waals surface area contributed by atoms with E-state index in [2.05, 4.69) is 5.10 Å². The third kappa shape index (κ3) is 0.924. The Morgan fingerprint density at radius 1 is 1.88 bits per heavy atom. The molecule has 0 fully saturated rings. The normalized spacial score (nSPS) is 9.62. The maximum absolute atomic E-state index is 5.43. The van der Waals surface area contributed by atoms with Gasteiger partial charge < -0.3 is 5.84 Å². The van der Waals surface area contributed by atoms with Crippen LogP contribution in [0, 0.1) is 0 Å². The van der Waals surface area contributed by atoms with E-state index in [-0.39, 0.29) is 0 Å². The summed E-state index contributed by atoms with van der Waals surface area (Å²) in [5.74, 6) is 5.67.